The van der Waals surface area contributed by atoms with Crippen molar-refractivity contribution in [2.75, 3.05) is 12.4 Å². The number of benzene rings is 1. The first-order chi connectivity index (χ1) is 11.6. The van der Waals surface area contributed by atoms with Gasteiger partial charge in [0.2, 0.25) is 0 Å². The normalized spacial score (nSPS) is 13.8. The van der Waals surface area contributed by atoms with Crippen LogP contribution in [0.4, 0.5) is 5.00 Å². The molecule has 0 radical (unpaired) electrons. The molecule has 1 aromatic heterocycles. The highest BCUT2D eigenvalue weighted by molar-refractivity contribution is 9.10. The first kappa shape index (κ1) is 17.2. The van der Waals surface area contributed by atoms with Gasteiger partial charge in [-0.3, -0.25) is 4.79 Å². The van der Waals surface area contributed by atoms with Crippen molar-refractivity contribution in [3.05, 3.63) is 50.3 Å². The van der Waals surface area contributed by atoms with Crippen LogP contribution in [0.1, 0.15) is 50.4 Å². The molecule has 1 aliphatic rings. The number of rotatable bonds is 3. The Morgan fingerprint density at radius 1 is 1.12 bits per heavy atom. The quantitative estimate of drug-likeness (QED) is 0.585. The zero-order chi connectivity index (χ0) is 17.1. The molecule has 0 unspecified atom stereocenters. The number of hydrogen-bond acceptors (Lipinski definition) is 4. The molecular weight excluding hydrogens is 390 g/mol. The van der Waals surface area contributed by atoms with Crippen LogP contribution in [0.2, 0.25) is 0 Å². The smallest absolute Gasteiger partial charge is 0.341 e. The van der Waals surface area contributed by atoms with E-state index in [9.17, 15) is 9.59 Å². The average molecular weight is 408 g/mol. The van der Waals surface area contributed by atoms with Crippen molar-refractivity contribution in [1.29, 1.82) is 0 Å². The largest absolute Gasteiger partial charge is 0.465 e. The van der Waals surface area contributed by atoms with Crippen LogP contribution in [0.3, 0.4) is 0 Å². The number of ether oxygens (including phenoxy) is 1. The van der Waals surface area contributed by atoms with Gasteiger partial charge in [-0.15, -0.1) is 11.3 Å². The third-order valence-electron chi connectivity index (χ3n) is 4.14. The number of nitrogens with one attached hydrogen (secondary N) is 1. The number of carbonyl (C=O) groups excluding carboxylic acids is 2. The van der Waals surface area contributed by atoms with Gasteiger partial charge in [0, 0.05) is 14.9 Å². The molecule has 0 spiro atoms. The Hall–Kier alpha value is -1.66. The van der Waals surface area contributed by atoms with Gasteiger partial charge in [-0.1, -0.05) is 22.4 Å². The minimum absolute atomic E-state index is 0.218. The summed E-state index contributed by atoms with van der Waals surface area (Å²) < 4.78 is 5.87. The third kappa shape index (κ3) is 3.54. The fourth-order valence-corrected chi connectivity index (χ4v) is 4.46. The van der Waals surface area contributed by atoms with Gasteiger partial charge in [-0.05, 0) is 55.5 Å². The number of hydrogen-bond donors (Lipinski definition) is 1. The maximum atomic E-state index is 12.5. The number of aryl methyl sites for hydroxylation is 1. The number of methoxy groups -OCH3 is 1. The topological polar surface area (TPSA) is 55.4 Å². The van der Waals surface area contributed by atoms with E-state index in [0.29, 0.717) is 16.1 Å². The predicted octanol–water partition coefficient (Wildman–Crippen LogP) is 4.82. The molecule has 0 bridgehead atoms. The van der Waals surface area contributed by atoms with Crippen LogP contribution in [0.25, 0.3) is 0 Å². The van der Waals surface area contributed by atoms with Crippen LogP contribution >= 0.6 is 27.3 Å². The molecule has 0 atom stereocenters. The molecule has 0 saturated carbocycles. The molecule has 0 fully saturated rings. The molecule has 0 aliphatic heterocycles. The van der Waals surface area contributed by atoms with Gasteiger partial charge >= 0.3 is 5.97 Å². The van der Waals surface area contributed by atoms with Crippen LogP contribution in [-0.2, 0) is 17.6 Å². The van der Waals surface area contributed by atoms with Gasteiger partial charge in [0.05, 0.1) is 12.7 Å². The van der Waals surface area contributed by atoms with Gasteiger partial charge in [0.15, 0.2) is 0 Å². The minimum Gasteiger partial charge on any atom is -0.465 e. The number of thiophene rings is 1. The number of halogens is 1. The summed E-state index contributed by atoms with van der Waals surface area (Å²) in [4.78, 5) is 26.0. The molecule has 6 heteroatoms. The molecular formula is C18H18BrNO3S. The molecule has 24 heavy (non-hydrogen) atoms. The van der Waals surface area contributed by atoms with Gasteiger partial charge in [-0.25, -0.2) is 4.79 Å². The number of amides is 1. The lowest BCUT2D eigenvalue weighted by Gasteiger charge is -2.07. The van der Waals surface area contributed by atoms with Gasteiger partial charge in [-0.2, -0.15) is 0 Å². The molecule has 0 saturated heterocycles. The van der Waals surface area contributed by atoms with E-state index in [-0.39, 0.29) is 11.9 Å². The summed E-state index contributed by atoms with van der Waals surface area (Å²) in [5, 5.41) is 3.50. The molecule has 2 aromatic rings. The highest BCUT2D eigenvalue weighted by Crippen LogP contribution is 2.38. The molecule has 1 amide bonds. The monoisotopic (exact) mass is 407 g/mol. The lowest BCUT2D eigenvalue weighted by molar-refractivity contribution is 0.0601. The Morgan fingerprint density at radius 3 is 2.54 bits per heavy atom. The molecule has 4 nitrogen and oxygen atoms in total. The fraction of sp³-hybridized carbons (Fsp3) is 0.333. The van der Waals surface area contributed by atoms with E-state index < -0.39 is 0 Å². The van der Waals surface area contributed by atoms with Crippen LogP contribution in [0, 0.1) is 0 Å². The minimum atomic E-state index is -0.375. The Balaban J connectivity index is 1.93. The van der Waals surface area contributed by atoms with E-state index >= 15 is 0 Å². The first-order valence-electron chi connectivity index (χ1n) is 7.90. The average Bonchev–Trinajstić information content (AvgIpc) is 2.76. The van der Waals surface area contributed by atoms with Crippen molar-refractivity contribution in [2.24, 2.45) is 0 Å². The number of esters is 1. The highest BCUT2D eigenvalue weighted by Gasteiger charge is 2.26. The summed E-state index contributed by atoms with van der Waals surface area (Å²) in [5.74, 6) is -0.593. The van der Waals surface area contributed by atoms with E-state index in [1.165, 1.54) is 29.7 Å². The van der Waals surface area contributed by atoms with Crippen molar-refractivity contribution in [3.8, 4) is 0 Å². The van der Waals surface area contributed by atoms with Crippen LogP contribution in [0.5, 0.6) is 0 Å². The molecule has 1 N–H and O–H groups in total. The van der Waals surface area contributed by atoms with Crippen molar-refractivity contribution < 1.29 is 14.3 Å². The Bertz CT molecular complexity index is 767. The lowest BCUT2D eigenvalue weighted by Crippen LogP contribution is -2.14. The fourth-order valence-electron chi connectivity index (χ4n) is 2.93. The van der Waals surface area contributed by atoms with E-state index in [1.54, 1.807) is 12.1 Å². The van der Waals surface area contributed by atoms with Crippen LogP contribution < -0.4 is 5.32 Å². The summed E-state index contributed by atoms with van der Waals surface area (Å²) >= 11 is 4.86. The third-order valence-corrected chi connectivity index (χ3v) is 5.88. The zero-order valence-corrected chi connectivity index (χ0v) is 15.8. The second-order valence-corrected chi connectivity index (χ2v) is 7.74. The lowest BCUT2D eigenvalue weighted by atomic mass is 10.1. The Labute approximate surface area is 153 Å². The predicted molar refractivity (Wildman–Crippen MR) is 99.0 cm³/mol. The van der Waals surface area contributed by atoms with Crippen LogP contribution in [0.15, 0.2) is 28.7 Å². The first-order valence-corrected chi connectivity index (χ1v) is 9.51. The van der Waals surface area contributed by atoms with Gasteiger partial charge < -0.3 is 10.1 Å². The van der Waals surface area contributed by atoms with Crippen molar-refractivity contribution in [1.82, 2.24) is 0 Å². The summed E-state index contributed by atoms with van der Waals surface area (Å²) in [7, 11) is 1.38. The van der Waals surface area contributed by atoms with Crippen molar-refractivity contribution in [3.63, 3.8) is 0 Å². The molecule has 1 aromatic carbocycles. The Morgan fingerprint density at radius 2 is 1.83 bits per heavy atom. The number of anilines is 1. The summed E-state index contributed by atoms with van der Waals surface area (Å²) in [5.41, 5.74) is 2.14. The molecule has 1 aliphatic carbocycles. The van der Waals surface area contributed by atoms with Gasteiger partial charge in [0.1, 0.15) is 5.00 Å². The molecule has 1 heterocycles. The second-order valence-electron chi connectivity index (χ2n) is 5.72. The van der Waals surface area contributed by atoms with Gasteiger partial charge in [0.25, 0.3) is 5.91 Å². The van der Waals surface area contributed by atoms with Crippen molar-refractivity contribution in [2.45, 2.75) is 32.1 Å². The van der Waals surface area contributed by atoms with E-state index in [1.807, 2.05) is 12.1 Å². The van der Waals surface area contributed by atoms with E-state index in [0.717, 1.165) is 35.7 Å². The molecule has 3 rings (SSSR count). The Kier molecular flexibility index (Phi) is 5.36. The summed E-state index contributed by atoms with van der Waals surface area (Å²) in [6, 6.07) is 7.13. The zero-order valence-electron chi connectivity index (χ0n) is 13.4. The summed E-state index contributed by atoms with van der Waals surface area (Å²) in [6.45, 7) is 0. The highest BCUT2D eigenvalue weighted by atomic mass is 79.9. The maximum Gasteiger partial charge on any atom is 0.341 e. The van der Waals surface area contributed by atoms with E-state index in [2.05, 4.69) is 21.2 Å². The number of fused-ring (bicyclic) bond motifs is 1. The van der Waals surface area contributed by atoms with Crippen LogP contribution in [-0.4, -0.2) is 19.0 Å². The van der Waals surface area contributed by atoms with E-state index in [4.69, 9.17) is 4.74 Å². The molecule has 126 valence electrons. The maximum absolute atomic E-state index is 12.5. The summed E-state index contributed by atoms with van der Waals surface area (Å²) in [6.07, 6.45) is 5.17. The second kappa shape index (κ2) is 7.49. The number of carbonyl (C=O) groups is 2. The SMILES string of the molecule is COC(=O)c1c(NC(=O)c2ccc(Br)cc2)sc2c1CCCCC2. The standard InChI is InChI=1S/C18H18BrNO3S/c1-23-18(22)15-13-5-3-2-4-6-14(13)24-17(15)20-16(21)11-7-9-12(19)10-8-11/h7-10H,2-6H2,1H3,(H,20,21). The van der Waals surface area contributed by atoms with Crippen molar-refractivity contribution >= 4 is 44.1 Å².